The highest BCUT2D eigenvalue weighted by Crippen LogP contribution is 2.40. The Morgan fingerprint density at radius 1 is 1.11 bits per heavy atom. The van der Waals surface area contributed by atoms with Gasteiger partial charge in [0.25, 0.3) is 0 Å². The number of aromatic nitrogens is 2. The number of anilines is 1. The number of hydrogen-bond donors (Lipinski definition) is 1. The van der Waals surface area contributed by atoms with Gasteiger partial charge in [0.05, 0.1) is 46.9 Å². The van der Waals surface area contributed by atoms with Gasteiger partial charge in [0.1, 0.15) is 29.7 Å². The topological polar surface area (TPSA) is 92.0 Å². The molecule has 7 nitrogen and oxygen atoms in total. The van der Waals surface area contributed by atoms with Gasteiger partial charge in [0.2, 0.25) is 0 Å². The molecule has 1 N–H and O–H groups in total. The minimum Gasteiger partial charge on any atom is -0.489 e. The minimum absolute atomic E-state index is 0.112. The molecule has 1 unspecified atom stereocenters. The zero-order valence-corrected chi connectivity index (χ0v) is 20.1. The number of H-pyrrole nitrogens is 1. The van der Waals surface area contributed by atoms with Gasteiger partial charge in [-0.2, -0.15) is 15.6 Å². The van der Waals surface area contributed by atoms with Gasteiger partial charge in [-0.3, -0.25) is 5.10 Å². The van der Waals surface area contributed by atoms with Crippen molar-refractivity contribution < 1.29 is 13.5 Å². The summed E-state index contributed by atoms with van der Waals surface area (Å²) in [5.74, 6) is -0.876. The van der Waals surface area contributed by atoms with Crippen LogP contribution in [0.15, 0.2) is 42.5 Å². The molecule has 37 heavy (non-hydrogen) atoms. The molecule has 0 saturated carbocycles. The van der Waals surface area contributed by atoms with Gasteiger partial charge in [-0.25, -0.2) is 8.78 Å². The maximum absolute atomic E-state index is 15.0. The van der Waals surface area contributed by atoms with Crippen molar-refractivity contribution in [2.75, 3.05) is 38.2 Å². The largest absolute Gasteiger partial charge is 0.489 e. The number of nitrogens with one attached hydrogen (secondary N) is 1. The summed E-state index contributed by atoms with van der Waals surface area (Å²) in [4.78, 5) is 4.68. The number of benzene rings is 3. The highest BCUT2D eigenvalue weighted by atomic mass is 19.1. The van der Waals surface area contributed by atoms with E-state index in [0.717, 1.165) is 48.8 Å². The van der Waals surface area contributed by atoms with E-state index in [1.54, 1.807) is 12.1 Å². The van der Waals surface area contributed by atoms with Gasteiger partial charge in [-0.15, -0.1) is 0 Å². The van der Waals surface area contributed by atoms with Crippen molar-refractivity contribution in [2.45, 2.75) is 12.5 Å². The molecular formula is C28H22F2N6O. The molecule has 184 valence electrons. The number of fused-ring (bicyclic) bond motifs is 4. The average Bonchev–Trinajstić information content (AvgIpc) is 3.30. The lowest BCUT2D eigenvalue weighted by atomic mass is 9.94. The second kappa shape index (κ2) is 8.88. The summed E-state index contributed by atoms with van der Waals surface area (Å²) in [5.41, 5.74) is 3.18. The number of rotatable bonds is 3. The zero-order chi connectivity index (χ0) is 25.7. The molecule has 4 aromatic rings. The number of likely N-dealkylation sites (N-methyl/N-ethyl adjacent to an activating group) is 1. The first-order chi connectivity index (χ1) is 18.0. The molecule has 2 aliphatic rings. The summed E-state index contributed by atoms with van der Waals surface area (Å²) < 4.78 is 36.2. The number of nitriles is 2. The fourth-order valence-electron chi connectivity index (χ4n) is 5.33. The second-order valence-electron chi connectivity index (χ2n) is 9.50. The van der Waals surface area contributed by atoms with Crippen molar-refractivity contribution in [1.29, 1.82) is 10.5 Å². The van der Waals surface area contributed by atoms with Crippen molar-refractivity contribution in [3.8, 4) is 40.3 Å². The molecule has 0 radical (unpaired) electrons. The van der Waals surface area contributed by atoms with E-state index in [9.17, 15) is 5.26 Å². The van der Waals surface area contributed by atoms with E-state index in [2.05, 4.69) is 27.0 Å². The molecule has 0 aliphatic carbocycles. The van der Waals surface area contributed by atoms with Gasteiger partial charge in [0, 0.05) is 36.1 Å². The highest BCUT2D eigenvalue weighted by molar-refractivity contribution is 5.98. The van der Waals surface area contributed by atoms with Crippen molar-refractivity contribution in [3.05, 3.63) is 65.2 Å². The van der Waals surface area contributed by atoms with Crippen LogP contribution in [-0.2, 0) is 6.42 Å². The van der Waals surface area contributed by atoms with Crippen LogP contribution in [0, 0.1) is 34.3 Å². The summed E-state index contributed by atoms with van der Waals surface area (Å²) in [6.45, 7) is 3.45. The van der Waals surface area contributed by atoms with Crippen molar-refractivity contribution in [3.63, 3.8) is 0 Å². The maximum Gasteiger partial charge on any atom is 0.143 e. The Labute approximate surface area is 212 Å². The van der Waals surface area contributed by atoms with Gasteiger partial charge >= 0.3 is 0 Å². The van der Waals surface area contributed by atoms with Crippen LogP contribution >= 0.6 is 0 Å². The van der Waals surface area contributed by atoms with Gasteiger partial charge < -0.3 is 14.5 Å². The van der Waals surface area contributed by atoms with Crippen molar-refractivity contribution in [2.24, 2.45) is 0 Å². The lowest BCUT2D eigenvalue weighted by molar-refractivity contribution is 0.188. The monoisotopic (exact) mass is 496 g/mol. The van der Waals surface area contributed by atoms with Crippen LogP contribution in [0.4, 0.5) is 14.5 Å². The van der Waals surface area contributed by atoms with Crippen LogP contribution in [0.1, 0.15) is 11.1 Å². The lowest BCUT2D eigenvalue weighted by Crippen LogP contribution is -2.56. The van der Waals surface area contributed by atoms with Crippen LogP contribution < -0.4 is 9.64 Å². The summed E-state index contributed by atoms with van der Waals surface area (Å²) in [6.07, 6.45) is -0.112. The number of nitrogens with zero attached hydrogens (tertiary/aromatic N) is 5. The summed E-state index contributed by atoms with van der Waals surface area (Å²) in [5, 5.41) is 26.7. The first kappa shape index (κ1) is 23.0. The van der Waals surface area contributed by atoms with E-state index >= 15 is 8.78 Å². The summed E-state index contributed by atoms with van der Waals surface area (Å²) in [6, 6.07) is 15.6. The third kappa shape index (κ3) is 3.85. The number of ether oxygens (including phenoxy) is 1. The molecule has 1 atom stereocenters. The number of piperazine rings is 1. The van der Waals surface area contributed by atoms with Crippen molar-refractivity contribution >= 4 is 16.6 Å². The van der Waals surface area contributed by atoms with E-state index in [4.69, 9.17) is 10.00 Å². The molecule has 3 heterocycles. The molecule has 1 fully saturated rings. The number of halogens is 2. The third-order valence-corrected chi connectivity index (χ3v) is 7.14. The fraction of sp³-hybridized carbons (Fsp3) is 0.250. The highest BCUT2D eigenvalue weighted by Gasteiger charge is 2.32. The van der Waals surface area contributed by atoms with E-state index in [0.29, 0.717) is 29.2 Å². The van der Waals surface area contributed by atoms with E-state index < -0.39 is 11.6 Å². The molecular weight excluding hydrogens is 474 g/mol. The standard InChI is InChI=1S/C28H22F2N6O/c1-35-6-7-36-19(14-35)15-37-26-11-17(2-3-25(26)36)28-21-12-20(18(13-32)10-24(21)33-34-28)27-22(29)8-16(4-5-31)9-23(27)30/h2-3,8-12,19H,4,6-7,14-15H2,1H3,(H,33,34). The van der Waals surface area contributed by atoms with Crippen LogP contribution in [0.5, 0.6) is 5.75 Å². The van der Waals surface area contributed by atoms with Gasteiger partial charge in [0.15, 0.2) is 0 Å². The summed E-state index contributed by atoms with van der Waals surface area (Å²) in [7, 11) is 2.11. The van der Waals surface area contributed by atoms with Gasteiger partial charge in [-0.05, 0) is 49.0 Å². The Bertz CT molecular complexity index is 1610. The molecule has 6 rings (SSSR count). The Morgan fingerprint density at radius 2 is 1.92 bits per heavy atom. The van der Waals surface area contributed by atoms with Crippen molar-refractivity contribution in [1.82, 2.24) is 15.1 Å². The quantitative estimate of drug-likeness (QED) is 0.445. The molecule has 1 saturated heterocycles. The fourth-order valence-corrected chi connectivity index (χ4v) is 5.33. The van der Waals surface area contributed by atoms with Gasteiger partial charge in [-0.1, -0.05) is 6.07 Å². The van der Waals surface area contributed by atoms with Crippen LogP contribution in [0.25, 0.3) is 33.3 Å². The Kier molecular flexibility index (Phi) is 5.51. The Hall–Kier alpha value is -4.47. The zero-order valence-electron chi connectivity index (χ0n) is 20.1. The molecule has 0 spiro atoms. The smallest absolute Gasteiger partial charge is 0.143 e. The molecule has 9 heteroatoms. The minimum atomic E-state index is -0.824. The Morgan fingerprint density at radius 3 is 2.68 bits per heavy atom. The summed E-state index contributed by atoms with van der Waals surface area (Å²) >= 11 is 0. The average molecular weight is 497 g/mol. The second-order valence-corrected chi connectivity index (χ2v) is 9.50. The van der Waals surface area contributed by atoms with Crippen LogP contribution in [0.3, 0.4) is 0 Å². The van der Waals surface area contributed by atoms with E-state index in [-0.39, 0.29) is 28.7 Å². The van der Waals surface area contributed by atoms with Crippen LogP contribution in [-0.4, -0.2) is 54.4 Å². The first-order valence-corrected chi connectivity index (χ1v) is 12.0. The lowest BCUT2D eigenvalue weighted by Gasteiger charge is -2.44. The first-order valence-electron chi connectivity index (χ1n) is 12.0. The molecule has 0 amide bonds. The normalized spacial score (nSPS) is 17.0. The molecule has 2 aliphatic heterocycles. The molecule has 3 aromatic carbocycles. The third-order valence-electron chi connectivity index (χ3n) is 7.14. The SMILES string of the molecule is CN1CCN2c3ccc(-c4n[nH]c5cc(C#N)c(-c6c(F)cc(CC#N)cc6F)cc45)cc3OCC2C1. The number of hydrogen-bond acceptors (Lipinski definition) is 6. The van der Waals surface area contributed by atoms with Crippen LogP contribution in [0.2, 0.25) is 0 Å². The molecule has 0 bridgehead atoms. The predicted octanol–water partition coefficient (Wildman–Crippen LogP) is 4.63. The van der Waals surface area contributed by atoms with E-state index in [1.165, 1.54) is 0 Å². The predicted molar refractivity (Wildman–Crippen MR) is 135 cm³/mol. The van der Waals surface area contributed by atoms with E-state index in [1.807, 2.05) is 30.3 Å². The molecule has 1 aromatic heterocycles. The maximum atomic E-state index is 15.0. The number of aromatic amines is 1. The Balaban J connectivity index is 1.44.